The molecule has 1 aromatic carbocycles. The molecule has 146 valence electrons. The van der Waals surface area contributed by atoms with Crippen LogP contribution in [0.15, 0.2) is 18.2 Å². The van der Waals surface area contributed by atoms with Crippen molar-refractivity contribution in [2.75, 3.05) is 33.0 Å². The van der Waals surface area contributed by atoms with E-state index in [0.717, 1.165) is 36.5 Å². The molecule has 1 aromatic rings. The number of carbonyl (C=O) groups excluding carboxylic acids is 1. The van der Waals surface area contributed by atoms with Gasteiger partial charge in [0.1, 0.15) is 11.8 Å². The van der Waals surface area contributed by atoms with Crippen molar-refractivity contribution in [3.63, 3.8) is 0 Å². The highest BCUT2D eigenvalue weighted by Gasteiger charge is 2.28. The number of aryl methyl sites for hydroxylation is 1. The van der Waals surface area contributed by atoms with Crippen LogP contribution in [-0.2, 0) is 20.8 Å². The third-order valence-corrected chi connectivity index (χ3v) is 4.77. The molecule has 2 aliphatic rings. The third-order valence-electron chi connectivity index (χ3n) is 4.77. The first kappa shape index (κ1) is 21.0. The number of carbonyl (C=O) groups is 1. The SMILES string of the molecule is Cc1ccc(CNC(=O)[C@H]2NCCO[C@@H]2C)c(OCC2CCOC2)c1.Cl. The van der Waals surface area contributed by atoms with Crippen LogP contribution in [0.5, 0.6) is 5.75 Å². The summed E-state index contributed by atoms with van der Waals surface area (Å²) in [7, 11) is 0. The first-order valence-corrected chi connectivity index (χ1v) is 9.06. The molecule has 0 radical (unpaired) electrons. The molecule has 2 heterocycles. The number of rotatable bonds is 6. The summed E-state index contributed by atoms with van der Waals surface area (Å²) >= 11 is 0. The molecule has 0 spiro atoms. The van der Waals surface area contributed by atoms with Gasteiger partial charge in [-0.15, -0.1) is 12.4 Å². The van der Waals surface area contributed by atoms with Gasteiger partial charge in [0.25, 0.3) is 0 Å². The molecule has 2 saturated heterocycles. The summed E-state index contributed by atoms with van der Waals surface area (Å²) in [5, 5.41) is 6.21. The fourth-order valence-corrected chi connectivity index (χ4v) is 3.18. The van der Waals surface area contributed by atoms with Gasteiger partial charge in [-0.3, -0.25) is 4.79 Å². The second-order valence-corrected chi connectivity index (χ2v) is 6.88. The summed E-state index contributed by atoms with van der Waals surface area (Å²) in [6, 6.07) is 5.78. The highest BCUT2D eigenvalue weighted by Crippen LogP contribution is 2.22. The van der Waals surface area contributed by atoms with Crippen molar-refractivity contribution in [1.82, 2.24) is 10.6 Å². The maximum Gasteiger partial charge on any atom is 0.240 e. The van der Waals surface area contributed by atoms with Crippen LogP contribution in [0.4, 0.5) is 0 Å². The molecule has 7 heteroatoms. The zero-order chi connectivity index (χ0) is 17.6. The molecule has 0 saturated carbocycles. The Balaban J connectivity index is 0.00000243. The Morgan fingerprint density at radius 1 is 1.38 bits per heavy atom. The molecule has 26 heavy (non-hydrogen) atoms. The minimum absolute atomic E-state index is 0. The molecule has 2 fully saturated rings. The Kier molecular flexibility index (Phi) is 8.15. The van der Waals surface area contributed by atoms with Crippen LogP contribution in [0.25, 0.3) is 0 Å². The molecule has 3 rings (SSSR count). The van der Waals surface area contributed by atoms with Gasteiger partial charge in [0, 0.05) is 31.2 Å². The summed E-state index contributed by atoms with van der Waals surface area (Å²) < 4.78 is 17.0. The Hall–Kier alpha value is -1.34. The van der Waals surface area contributed by atoms with Crippen molar-refractivity contribution < 1.29 is 19.0 Å². The van der Waals surface area contributed by atoms with E-state index < -0.39 is 0 Å². The molecule has 2 aliphatic heterocycles. The summed E-state index contributed by atoms with van der Waals surface area (Å²) in [5.41, 5.74) is 2.13. The highest BCUT2D eigenvalue weighted by atomic mass is 35.5. The fourth-order valence-electron chi connectivity index (χ4n) is 3.18. The number of halogens is 1. The second kappa shape index (κ2) is 10.1. The molecule has 1 amide bonds. The number of benzene rings is 1. The largest absolute Gasteiger partial charge is 0.493 e. The van der Waals surface area contributed by atoms with Crippen LogP contribution < -0.4 is 15.4 Å². The van der Waals surface area contributed by atoms with Crippen molar-refractivity contribution in [3.05, 3.63) is 29.3 Å². The van der Waals surface area contributed by atoms with Crippen LogP contribution in [0.3, 0.4) is 0 Å². The minimum Gasteiger partial charge on any atom is -0.493 e. The molecular weight excluding hydrogens is 356 g/mol. The van der Waals surface area contributed by atoms with E-state index in [1.54, 1.807) is 0 Å². The lowest BCUT2D eigenvalue weighted by Crippen LogP contribution is -2.55. The summed E-state index contributed by atoms with van der Waals surface area (Å²) in [5.74, 6) is 1.25. The molecule has 0 aliphatic carbocycles. The number of amides is 1. The molecule has 0 aromatic heterocycles. The molecule has 3 atom stereocenters. The first-order valence-electron chi connectivity index (χ1n) is 9.06. The van der Waals surface area contributed by atoms with Crippen LogP contribution in [0.1, 0.15) is 24.5 Å². The van der Waals surface area contributed by atoms with Crippen molar-refractivity contribution >= 4 is 18.3 Å². The number of hydrogen-bond donors (Lipinski definition) is 2. The molecule has 0 bridgehead atoms. The predicted molar refractivity (Wildman–Crippen MR) is 102 cm³/mol. The van der Waals surface area contributed by atoms with Gasteiger partial charge in [-0.05, 0) is 31.9 Å². The van der Waals surface area contributed by atoms with Crippen LogP contribution in [-0.4, -0.2) is 51.0 Å². The van der Waals surface area contributed by atoms with E-state index in [4.69, 9.17) is 14.2 Å². The van der Waals surface area contributed by atoms with E-state index in [9.17, 15) is 4.79 Å². The Morgan fingerprint density at radius 2 is 2.23 bits per heavy atom. The lowest BCUT2D eigenvalue weighted by Gasteiger charge is -2.29. The Bertz CT molecular complexity index is 593. The highest BCUT2D eigenvalue weighted by molar-refractivity contribution is 5.85. The van der Waals surface area contributed by atoms with Crippen molar-refractivity contribution in [3.8, 4) is 5.75 Å². The van der Waals surface area contributed by atoms with E-state index >= 15 is 0 Å². The van der Waals surface area contributed by atoms with E-state index in [-0.39, 0.29) is 30.5 Å². The third kappa shape index (κ3) is 5.58. The number of nitrogens with one attached hydrogen (secondary N) is 2. The molecule has 1 unspecified atom stereocenters. The van der Waals surface area contributed by atoms with Gasteiger partial charge in [-0.25, -0.2) is 0 Å². The van der Waals surface area contributed by atoms with Crippen LogP contribution in [0.2, 0.25) is 0 Å². The smallest absolute Gasteiger partial charge is 0.240 e. The summed E-state index contributed by atoms with van der Waals surface area (Å²) in [6.45, 7) is 7.98. The maximum atomic E-state index is 12.4. The van der Waals surface area contributed by atoms with Crippen molar-refractivity contribution in [2.45, 2.75) is 39.0 Å². The van der Waals surface area contributed by atoms with E-state index in [0.29, 0.717) is 32.2 Å². The lowest BCUT2D eigenvalue weighted by molar-refractivity contribution is -0.129. The van der Waals surface area contributed by atoms with Gasteiger partial charge in [-0.1, -0.05) is 12.1 Å². The van der Waals surface area contributed by atoms with E-state index in [1.807, 2.05) is 32.0 Å². The summed E-state index contributed by atoms with van der Waals surface area (Å²) in [6.07, 6.45) is 0.924. The number of ether oxygens (including phenoxy) is 3. The second-order valence-electron chi connectivity index (χ2n) is 6.88. The van der Waals surface area contributed by atoms with Gasteiger partial charge in [0.2, 0.25) is 5.91 Å². The predicted octanol–water partition coefficient (Wildman–Crippen LogP) is 1.83. The molecule has 2 N–H and O–H groups in total. The van der Waals surface area contributed by atoms with Crippen LogP contribution >= 0.6 is 12.4 Å². The van der Waals surface area contributed by atoms with Gasteiger partial charge in [-0.2, -0.15) is 0 Å². The monoisotopic (exact) mass is 384 g/mol. The zero-order valence-corrected chi connectivity index (χ0v) is 16.3. The van der Waals surface area contributed by atoms with Crippen LogP contribution in [0, 0.1) is 12.8 Å². The maximum absolute atomic E-state index is 12.4. The standard InChI is InChI=1S/C19H28N2O4.ClH/c1-13-3-4-16(17(9-13)25-12-15-5-7-23-11-15)10-21-19(22)18-14(2)24-8-6-20-18;/h3-4,9,14-15,18,20H,5-8,10-12H2,1-2H3,(H,21,22);1H/t14-,15?,18+;/m1./s1. The van der Waals surface area contributed by atoms with Gasteiger partial charge in [0.05, 0.1) is 25.9 Å². The van der Waals surface area contributed by atoms with Gasteiger partial charge in [0.15, 0.2) is 0 Å². The number of hydrogen-bond acceptors (Lipinski definition) is 5. The average molecular weight is 385 g/mol. The number of morpholine rings is 1. The zero-order valence-electron chi connectivity index (χ0n) is 15.5. The molecular formula is C19H29ClN2O4. The first-order chi connectivity index (χ1) is 12.1. The normalized spacial score (nSPS) is 25.4. The van der Waals surface area contributed by atoms with Gasteiger partial charge < -0.3 is 24.8 Å². The van der Waals surface area contributed by atoms with E-state index in [2.05, 4.69) is 10.6 Å². The Labute approximate surface area is 161 Å². The quantitative estimate of drug-likeness (QED) is 0.783. The van der Waals surface area contributed by atoms with Crippen molar-refractivity contribution in [2.24, 2.45) is 5.92 Å². The fraction of sp³-hybridized carbons (Fsp3) is 0.632. The summed E-state index contributed by atoms with van der Waals surface area (Å²) in [4.78, 5) is 12.4. The van der Waals surface area contributed by atoms with Crippen molar-refractivity contribution in [1.29, 1.82) is 0 Å². The lowest BCUT2D eigenvalue weighted by atomic mass is 10.1. The molecule has 6 nitrogen and oxygen atoms in total. The van der Waals surface area contributed by atoms with E-state index in [1.165, 1.54) is 0 Å². The van der Waals surface area contributed by atoms with Gasteiger partial charge >= 0.3 is 0 Å². The minimum atomic E-state index is -0.306. The Morgan fingerprint density at radius 3 is 2.96 bits per heavy atom. The topological polar surface area (TPSA) is 68.8 Å². The average Bonchev–Trinajstić information content (AvgIpc) is 3.13.